The molecule has 6 aromatic carbocycles. The van der Waals surface area contributed by atoms with Crippen molar-refractivity contribution < 1.29 is 0 Å². The fourth-order valence-electron chi connectivity index (χ4n) is 8.74. The lowest BCUT2D eigenvalue weighted by Crippen LogP contribution is -2.26. The standard InChI is InChI=1S/C49H42N2/c1-5-6-15-33(3)51-45-22-12-11-21-44(45)50-48(51)37-24-26-42-43(30-37)46(36-23-25-39-32(2)14-13-18-35(39)29-36)40-19-9-10-20-41(40)47(42)49(4)28-27-34-16-7-8-17-38(34)31-49/h5-13,15-30,32H,14,31H2,1-4H3/b6-5-,33-15+. The van der Waals surface area contributed by atoms with E-state index in [1.165, 1.54) is 60.5 Å². The summed E-state index contributed by atoms with van der Waals surface area (Å²) in [6.45, 7) is 8.99. The Morgan fingerprint density at radius 2 is 1.55 bits per heavy atom. The average molecular weight is 659 g/mol. The van der Waals surface area contributed by atoms with E-state index in [1.807, 2.05) is 0 Å². The van der Waals surface area contributed by atoms with Gasteiger partial charge in [0.05, 0.1) is 11.0 Å². The van der Waals surface area contributed by atoms with E-state index in [1.54, 1.807) is 0 Å². The van der Waals surface area contributed by atoms with Crippen molar-refractivity contribution in [2.45, 2.75) is 51.9 Å². The van der Waals surface area contributed by atoms with Crippen molar-refractivity contribution in [2.24, 2.45) is 0 Å². The molecule has 0 radical (unpaired) electrons. The Hall–Kier alpha value is -5.73. The van der Waals surface area contributed by atoms with E-state index in [2.05, 4.69) is 184 Å². The summed E-state index contributed by atoms with van der Waals surface area (Å²) in [5.41, 5.74) is 13.6. The van der Waals surface area contributed by atoms with Gasteiger partial charge in [-0.3, -0.25) is 4.57 Å². The molecule has 2 atom stereocenters. The molecule has 248 valence electrons. The van der Waals surface area contributed by atoms with Crippen molar-refractivity contribution in [3.05, 3.63) is 167 Å². The van der Waals surface area contributed by atoms with E-state index in [-0.39, 0.29) is 5.41 Å². The average Bonchev–Trinajstić information content (AvgIpc) is 3.55. The van der Waals surface area contributed by atoms with Crippen LogP contribution in [0.15, 0.2) is 140 Å². The van der Waals surface area contributed by atoms with Crippen LogP contribution in [0.3, 0.4) is 0 Å². The predicted molar refractivity (Wildman–Crippen MR) is 219 cm³/mol. The minimum Gasteiger partial charge on any atom is -0.296 e. The lowest BCUT2D eigenvalue weighted by molar-refractivity contribution is 0.597. The molecule has 0 amide bonds. The zero-order valence-electron chi connectivity index (χ0n) is 29.8. The van der Waals surface area contributed by atoms with Crippen LogP contribution in [0.25, 0.3) is 72.9 Å². The third kappa shape index (κ3) is 5.12. The number of rotatable bonds is 5. The fraction of sp³-hybridized carbons (Fsp3) is 0.163. The van der Waals surface area contributed by atoms with Gasteiger partial charge in [-0.15, -0.1) is 0 Å². The number of para-hydroxylation sites is 2. The third-order valence-electron chi connectivity index (χ3n) is 11.2. The molecule has 0 spiro atoms. The predicted octanol–water partition coefficient (Wildman–Crippen LogP) is 13.2. The molecule has 9 rings (SSSR count). The molecule has 2 aliphatic carbocycles. The highest BCUT2D eigenvalue weighted by Crippen LogP contribution is 2.48. The summed E-state index contributed by atoms with van der Waals surface area (Å²) in [6, 6.07) is 40.7. The van der Waals surface area contributed by atoms with Gasteiger partial charge in [-0.25, -0.2) is 4.98 Å². The normalized spacial score (nSPS) is 18.6. The van der Waals surface area contributed by atoms with Gasteiger partial charge in [-0.1, -0.05) is 135 Å². The van der Waals surface area contributed by atoms with Crippen molar-refractivity contribution in [1.29, 1.82) is 0 Å². The lowest BCUT2D eigenvalue weighted by Gasteiger charge is -2.34. The summed E-state index contributed by atoms with van der Waals surface area (Å²) < 4.78 is 2.31. The molecule has 0 saturated heterocycles. The van der Waals surface area contributed by atoms with Crippen molar-refractivity contribution in [1.82, 2.24) is 9.55 Å². The zero-order valence-corrected chi connectivity index (χ0v) is 29.8. The second kappa shape index (κ2) is 12.2. The van der Waals surface area contributed by atoms with Crippen LogP contribution in [0.1, 0.15) is 67.9 Å². The topological polar surface area (TPSA) is 17.8 Å². The number of hydrogen-bond donors (Lipinski definition) is 0. The molecule has 0 bridgehead atoms. The monoisotopic (exact) mass is 658 g/mol. The summed E-state index contributed by atoms with van der Waals surface area (Å²) in [5.74, 6) is 1.48. The van der Waals surface area contributed by atoms with Crippen LogP contribution < -0.4 is 0 Å². The minimum atomic E-state index is -0.195. The molecule has 0 fully saturated rings. The van der Waals surface area contributed by atoms with Gasteiger partial charge in [0.15, 0.2) is 0 Å². The quantitative estimate of drug-likeness (QED) is 0.133. The van der Waals surface area contributed by atoms with Crippen LogP contribution in [0, 0.1) is 0 Å². The SMILES string of the molecule is C/C=C\C=C(/C)n1c(-c2ccc3c(C4(C)C=Cc5ccccc5C4)c4ccccc4c(-c4ccc5c(c4)C=CCC5C)c3c2)nc2ccccc21. The van der Waals surface area contributed by atoms with E-state index < -0.39 is 0 Å². The third-order valence-corrected chi connectivity index (χ3v) is 11.2. The molecule has 2 heteroatoms. The maximum Gasteiger partial charge on any atom is 0.145 e. The van der Waals surface area contributed by atoms with Gasteiger partial charge in [-0.2, -0.15) is 0 Å². The number of imidazole rings is 1. The minimum absolute atomic E-state index is 0.195. The second-order valence-electron chi connectivity index (χ2n) is 14.7. The van der Waals surface area contributed by atoms with Crippen molar-refractivity contribution in [2.75, 3.05) is 0 Å². The largest absolute Gasteiger partial charge is 0.296 e. The Labute approximate surface area is 300 Å². The van der Waals surface area contributed by atoms with Crippen molar-refractivity contribution >= 4 is 50.4 Å². The Kier molecular flexibility index (Phi) is 7.51. The van der Waals surface area contributed by atoms with Crippen LogP contribution in [0.4, 0.5) is 0 Å². The van der Waals surface area contributed by atoms with E-state index in [9.17, 15) is 0 Å². The molecule has 7 aromatic rings. The van der Waals surface area contributed by atoms with E-state index in [0.717, 1.165) is 41.0 Å². The highest BCUT2D eigenvalue weighted by Gasteiger charge is 2.33. The molecule has 0 N–H and O–H groups in total. The molecular weight excluding hydrogens is 617 g/mol. The number of fused-ring (bicyclic) bond motifs is 5. The molecule has 2 nitrogen and oxygen atoms in total. The molecule has 0 aliphatic heterocycles. The molecule has 1 heterocycles. The smallest absolute Gasteiger partial charge is 0.145 e. The van der Waals surface area contributed by atoms with Gasteiger partial charge in [0.2, 0.25) is 0 Å². The first-order valence-corrected chi connectivity index (χ1v) is 18.3. The summed E-state index contributed by atoms with van der Waals surface area (Å²) in [5, 5.41) is 5.16. The first kappa shape index (κ1) is 31.3. The zero-order chi connectivity index (χ0) is 34.7. The van der Waals surface area contributed by atoms with Crippen molar-refractivity contribution in [3.63, 3.8) is 0 Å². The highest BCUT2D eigenvalue weighted by molar-refractivity contribution is 6.16. The van der Waals surface area contributed by atoms with Crippen LogP contribution in [0.2, 0.25) is 0 Å². The van der Waals surface area contributed by atoms with E-state index in [0.29, 0.717) is 5.92 Å². The van der Waals surface area contributed by atoms with E-state index >= 15 is 0 Å². The Morgan fingerprint density at radius 1 is 0.784 bits per heavy atom. The second-order valence-corrected chi connectivity index (χ2v) is 14.7. The number of allylic oxidation sites excluding steroid dienone is 6. The first-order valence-electron chi connectivity index (χ1n) is 18.3. The van der Waals surface area contributed by atoms with Gasteiger partial charge >= 0.3 is 0 Å². The number of nitrogens with zero attached hydrogens (tertiary/aromatic N) is 2. The molecule has 0 saturated carbocycles. The van der Waals surface area contributed by atoms with Crippen LogP contribution in [-0.2, 0) is 11.8 Å². The maximum absolute atomic E-state index is 5.28. The molecule has 51 heavy (non-hydrogen) atoms. The Bertz CT molecular complexity index is 2640. The number of benzene rings is 6. The Morgan fingerprint density at radius 3 is 2.43 bits per heavy atom. The molecule has 1 aromatic heterocycles. The maximum atomic E-state index is 5.28. The van der Waals surface area contributed by atoms with Crippen LogP contribution >= 0.6 is 0 Å². The highest BCUT2D eigenvalue weighted by atomic mass is 15.1. The number of aromatic nitrogens is 2. The lowest BCUT2D eigenvalue weighted by atomic mass is 9.69. The first-order chi connectivity index (χ1) is 24.9. The molecule has 2 aliphatic rings. The summed E-state index contributed by atoms with van der Waals surface area (Å²) in [7, 11) is 0. The summed E-state index contributed by atoms with van der Waals surface area (Å²) >= 11 is 0. The summed E-state index contributed by atoms with van der Waals surface area (Å²) in [4.78, 5) is 5.28. The van der Waals surface area contributed by atoms with Gasteiger partial charge < -0.3 is 0 Å². The van der Waals surface area contributed by atoms with Gasteiger partial charge in [0.25, 0.3) is 0 Å². The van der Waals surface area contributed by atoms with Crippen LogP contribution in [-0.4, -0.2) is 9.55 Å². The molecule has 2 unspecified atom stereocenters. The fourth-order valence-corrected chi connectivity index (χ4v) is 8.74. The van der Waals surface area contributed by atoms with Gasteiger partial charge in [0, 0.05) is 16.7 Å². The Balaban J connectivity index is 1.37. The molecular formula is C49H42N2. The van der Waals surface area contributed by atoms with Gasteiger partial charge in [-0.05, 0) is 123 Å². The van der Waals surface area contributed by atoms with Crippen LogP contribution in [0.5, 0.6) is 0 Å². The van der Waals surface area contributed by atoms with E-state index in [4.69, 9.17) is 4.98 Å². The van der Waals surface area contributed by atoms with Crippen molar-refractivity contribution in [3.8, 4) is 22.5 Å². The van der Waals surface area contributed by atoms with Gasteiger partial charge in [0.1, 0.15) is 5.82 Å². The summed E-state index contributed by atoms with van der Waals surface area (Å²) in [6.07, 6.45) is 17.8. The number of hydrogen-bond acceptors (Lipinski definition) is 1.